The van der Waals surface area contributed by atoms with Gasteiger partial charge in [-0.25, -0.2) is 4.98 Å². The van der Waals surface area contributed by atoms with Crippen molar-refractivity contribution in [2.75, 3.05) is 26.0 Å². The first-order chi connectivity index (χ1) is 12.4. The summed E-state index contributed by atoms with van der Waals surface area (Å²) in [5.74, 6) is -0.130. The van der Waals surface area contributed by atoms with Gasteiger partial charge in [0, 0.05) is 12.2 Å². The molecule has 0 aliphatic heterocycles. The number of likely N-dealkylation sites (N-methyl/N-ethyl adjacent to an activating group) is 1. The molecule has 0 bridgehead atoms. The molecule has 0 radical (unpaired) electrons. The van der Waals surface area contributed by atoms with Crippen LogP contribution in [0.25, 0.3) is 9.88 Å². The van der Waals surface area contributed by atoms with Gasteiger partial charge in [-0.1, -0.05) is 23.7 Å². The summed E-state index contributed by atoms with van der Waals surface area (Å²) in [6.07, 6.45) is 0.988. The van der Waals surface area contributed by atoms with Gasteiger partial charge in [0.15, 0.2) is 0 Å². The maximum absolute atomic E-state index is 12.6. The van der Waals surface area contributed by atoms with Crippen LogP contribution in [0.4, 0.5) is 5.69 Å². The van der Waals surface area contributed by atoms with E-state index in [4.69, 9.17) is 11.6 Å². The number of anilines is 1. The summed E-state index contributed by atoms with van der Waals surface area (Å²) < 4.78 is 0.716. The van der Waals surface area contributed by atoms with Gasteiger partial charge in [-0.3, -0.25) is 4.79 Å². The number of carbonyl (C=O) groups is 1. The number of halogens is 1. The average Bonchev–Trinajstić information content (AvgIpc) is 3.20. The van der Waals surface area contributed by atoms with Gasteiger partial charge in [-0.15, -0.1) is 22.7 Å². The molecule has 0 unspecified atom stereocenters. The van der Waals surface area contributed by atoms with Gasteiger partial charge in [-0.2, -0.15) is 0 Å². The molecule has 4 nitrogen and oxygen atoms in total. The Bertz CT molecular complexity index is 900. The van der Waals surface area contributed by atoms with Gasteiger partial charge in [0.05, 0.1) is 14.9 Å². The van der Waals surface area contributed by atoms with Crippen LogP contribution in [-0.4, -0.2) is 36.4 Å². The average molecular weight is 406 g/mol. The Kier molecular flexibility index (Phi) is 6.09. The first-order valence-electron chi connectivity index (χ1n) is 8.20. The van der Waals surface area contributed by atoms with Crippen molar-refractivity contribution in [1.82, 2.24) is 9.88 Å². The third-order valence-corrected chi connectivity index (χ3v) is 6.40. The minimum absolute atomic E-state index is 0.130. The molecule has 7 heteroatoms. The molecule has 0 aliphatic carbocycles. The first kappa shape index (κ1) is 19.0. The minimum atomic E-state index is -0.130. The molecular formula is C19H20ClN3OS2. The van der Waals surface area contributed by atoms with E-state index in [1.807, 2.05) is 31.2 Å². The Morgan fingerprint density at radius 2 is 1.88 bits per heavy atom. The van der Waals surface area contributed by atoms with Crippen molar-refractivity contribution in [1.29, 1.82) is 0 Å². The van der Waals surface area contributed by atoms with E-state index in [1.165, 1.54) is 28.2 Å². The van der Waals surface area contributed by atoms with E-state index in [0.717, 1.165) is 34.2 Å². The number of aryl methyl sites for hydroxylation is 1. The minimum Gasteiger partial charge on any atom is -0.321 e. The number of benzene rings is 1. The molecule has 1 aromatic carbocycles. The smallest absolute Gasteiger partial charge is 0.267 e. The van der Waals surface area contributed by atoms with E-state index in [9.17, 15) is 4.79 Å². The van der Waals surface area contributed by atoms with Crippen molar-refractivity contribution in [3.8, 4) is 9.88 Å². The van der Waals surface area contributed by atoms with Crippen molar-refractivity contribution in [2.45, 2.75) is 13.3 Å². The molecule has 136 valence electrons. The van der Waals surface area contributed by atoms with Crippen LogP contribution in [0.15, 0.2) is 36.4 Å². The molecule has 2 aromatic heterocycles. The third kappa shape index (κ3) is 4.71. The second-order valence-electron chi connectivity index (χ2n) is 6.24. The van der Waals surface area contributed by atoms with Crippen molar-refractivity contribution in [3.63, 3.8) is 0 Å². The number of aromatic nitrogens is 1. The fraction of sp³-hybridized carbons (Fsp3) is 0.263. The maximum Gasteiger partial charge on any atom is 0.267 e. The van der Waals surface area contributed by atoms with E-state index in [0.29, 0.717) is 9.21 Å². The number of carbonyl (C=O) groups excluding carboxylic acids is 1. The van der Waals surface area contributed by atoms with Gasteiger partial charge < -0.3 is 10.2 Å². The molecular weight excluding hydrogens is 386 g/mol. The summed E-state index contributed by atoms with van der Waals surface area (Å²) in [4.78, 5) is 20.9. The van der Waals surface area contributed by atoms with Gasteiger partial charge in [0.1, 0.15) is 9.88 Å². The second-order valence-corrected chi connectivity index (χ2v) is 8.96. The maximum atomic E-state index is 12.6. The van der Waals surface area contributed by atoms with Crippen LogP contribution in [0.3, 0.4) is 0 Å². The van der Waals surface area contributed by atoms with Crippen LogP contribution in [0, 0.1) is 6.92 Å². The van der Waals surface area contributed by atoms with Crippen molar-refractivity contribution >= 4 is 45.9 Å². The van der Waals surface area contributed by atoms with E-state index < -0.39 is 0 Å². The number of rotatable bonds is 6. The number of nitrogens with one attached hydrogen (secondary N) is 1. The summed E-state index contributed by atoms with van der Waals surface area (Å²) in [6, 6.07) is 11.8. The molecule has 0 saturated carbocycles. The molecule has 3 rings (SSSR count). The number of thiazole rings is 1. The standard InChI is InChI=1S/C19H20ClN3OS2/c1-12-17(26-19(21-12)15-8-9-16(20)25-15)18(24)22-14-6-4-13(5-7-14)10-11-23(2)3/h4-9H,10-11H2,1-3H3,(H,22,24). The summed E-state index contributed by atoms with van der Waals surface area (Å²) in [5.41, 5.74) is 2.77. The fourth-order valence-corrected chi connectivity index (χ4v) is 4.50. The SMILES string of the molecule is Cc1nc(-c2ccc(Cl)s2)sc1C(=O)Nc1ccc(CCN(C)C)cc1. The van der Waals surface area contributed by atoms with Gasteiger partial charge in [-0.05, 0) is 57.3 Å². The number of hydrogen-bond acceptors (Lipinski definition) is 5. The van der Waals surface area contributed by atoms with Crippen LogP contribution in [0.1, 0.15) is 20.9 Å². The summed E-state index contributed by atoms with van der Waals surface area (Å²) >= 11 is 8.85. The highest BCUT2D eigenvalue weighted by Crippen LogP contribution is 2.35. The Morgan fingerprint density at radius 3 is 2.50 bits per heavy atom. The largest absolute Gasteiger partial charge is 0.321 e. The van der Waals surface area contributed by atoms with E-state index in [-0.39, 0.29) is 5.91 Å². The van der Waals surface area contributed by atoms with Gasteiger partial charge in [0.25, 0.3) is 5.91 Å². The van der Waals surface area contributed by atoms with Crippen LogP contribution in [-0.2, 0) is 6.42 Å². The predicted octanol–water partition coefficient (Wildman–Crippen LogP) is 5.19. The molecule has 2 heterocycles. The number of thiophene rings is 1. The lowest BCUT2D eigenvalue weighted by molar-refractivity contribution is 0.103. The fourth-order valence-electron chi connectivity index (χ4n) is 2.44. The summed E-state index contributed by atoms with van der Waals surface area (Å²) in [7, 11) is 4.12. The molecule has 3 aromatic rings. The highest BCUT2D eigenvalue weighted by Gasteiger charge is 2.17. The number of nitrogens with zero attached hydrogens (tertiary/aromatic N) is 2. The quantitative estimate of drug-likeness (QED) is 0.613. The summed E-state index contributed by atoms with van der Waals surface area (Å²) in [6.45, 7) is 2.86. The van der Waals surface area contributed by atoms with Gasteiger partial charge >= 0.3 is 0 Å². The third-order valence-electron chi connectivity index (χ3n) is 3.85. The van der Waals surface area contributed by atoms with Crippen LogP contribution in [0.5, 0.6) is 0 Å². The van der Waals surface area contributed by atoms with E-state index in [1.54, 1.807) is 0 Å². The van der Waals surface area contributed by atoms with Crippen LogP contribution < -0.4 is 5.32 Å². The van der Waals surface area contributed by atoms with Crippen LogP contribution >= 0.6 is 34.3 Å². The van der Waals surface area contributed by atoms with E-state index >= 15 is 0 Å². The van der Waals surface area contributed by atoms with E-state index in [2.05, 4.69) is 41.4 Å². The summed E-state index contributed by atoms with van der Waals surface area (Å²) in [5, 5.41) is 3.78. The predicted molar refractivity (Wildman–Crippen MR) is 112 cm³/mol. The molecule has 0 aliphatic rings. The Labute approximate surface area is 166 Å². The van der Waals surface area contributed by atoms with Gasteiger partial charge in [0.2, 0.25) is 0 Å². The zero-order valence-corrected chi connectivity index (χ0v) is 17.3. The molecule has 1 amide bonds. The first-order valence-corrected chi connectivity index (χ1v) is 10.2. The molecule has 1 N–H and O–H groups in total. The van der Waals surface area contributed by atoms with Crippen molar-refractivity contribution < 1.29 is 4.79 Å². The zero-order valence-electron chi connectivity index (χ0n) is 14.9. The van der Waals surface area contributed by atoms with Crippen molar-refractivity contribution in [2.24, 2.45) is 0 Å². The molecule has 0 spiro atoms. The highest BCUT2D eigenvalue weighted by molar-refractivity contribution is 7.24. The second kappa shape index (κ2) is 8.31. The lowest BCUT2D eigenvalue weighted by Gasteiger charge is -2.10. The molecule has 26 heavy (non-hydrogen) atoms. The normalized spacial score (nSPS) is 11.1. The monoisotopic (exact) mass is 405 g/mol. The number of hydrogen-bond donors (Lipinski definition) is 1. The zero-order chi connectivity index (χ0) is 18.7. The molecule has 0 fully saturated rings. The Balaban J connectivity index is 1.69. The topological polar surface area (TPSA) is 45.2 Å². The number of amides is 1. The highest BCUT2D eigenvalue weighted by atomic mass is 35.5. The lowest BCUT2D eigenvalue weighted by atomic mass is 10.1. The lowest BCUT2D eigenvalue weighted by Crippen LogP contribution is -2.15. The molecule has 0 atom stereocenters. The van der Waals surface area contributed by atoms with Crippen LogP contribution in [0.2, 0.25) is 4.34 Å². The molecule has 0 saturated heterocycles. The van der Waals surface area contributed by atoms with Crippen molar-refractivity contribution in [3.05, 3.63) is 56.9 Å². The Hall–Kier alpha value is -1.73. The Morgan fingerprint density at radius 1 is 1.15 bits per heavy atom.